The second-order valence-corrected chi connectivity index (χ2v) is 8.37. The minimum Gasteiger partial charge on any atom is -0.299 e. The number of rotatable bonds is 3. The summed E-state index contributed by atoms with van der Waals surface area (Å²) < 4.78 is 0. The van der Waals surface area contributed by atoms with Crippen LogP contribution in [0.2, 0.25) is 0 Å². The first kappa shape index (κ1) is 18.6. The SMILES string of the molecule is CC12CCC(CC1=O)C2(C)C.O=C(Cc1ccccc1)c1ccccc1. The third kappa shape index (κ3) is 3.38. The third-order valence-electron chi connectivity index (χ3n) is 6.79. The van der Waals surface area contributed by atoms with Crippen LogP contribution in [-0.2, 0) is 11.2 Å². The van der Waals surface area contributed by atoms with Gasteiger partial charge in [0.2, 0.25) is 0 Å². The van der Waals surface area contributed by atoms with Gasteiger partial charge < -0.3 is 0 Å². The fourth-order valence-corrected chi connectivity index (χ4v) is 4.41. The normalized spacial score (nSPS) is 25.5. The molecule has 4 rings (SSSR count). The van der Waals surface area contributed by atoms with Crippen molar-refractivity contribution in [3.05, 3.63) is 71.8 Å². The molecule has 0 N–H and O–H groups in total. The quantitative estimate of drug-likeness (QED) is 0.685. The second-order valence-electron chi connectivity index (χ2n) is 8.37. The van der Waals surface area contributed by atoms with Crippen LogP contribution in [0.5, 0.6) is 0 Å². The Hall–Kier alpha value is -2.22. The fraction of sp³-hybridized carbons (Fsp3) is 0.417. The molecule has 2 aromatic carbocycles. The molecule has 136 valence electrons. The minimum atomic E-state index is 0.0255. The van der Waals surface area contributed by atoms with Crippen LogP contribution in [0.1, 0.15) is 56.0 Å². The van der Waals surface area contributed by atoms with Crippen LogP contribution in [0.15, 0.2) is 60.7 Å². The molecule has 0 radical (unpaired) electrons. The van der Waals surface area contributed by atoms with Gasteiger partial charge in [-0.1, -0.05) is 81.4 Å². The van der Waals surface area contributed by atoms with Crippen molar-refractivity contribution in [3.63, 3.8) is 0 Å². The van der Waals surface area contributed by atoms with E-state index < -0.39 is 0 Å². The van der Waals surface area contributed by atoms with Crippen molar-refractivity contribution >= 4 is 11.6 Å². The smallest absolute Gasteiger partial charge is 0.167 e. The first-order chi connectivity index (χ1) is 12.3. The van der Waals surface area contributed by atoms with E-state index >= 15 is 0 Å². The minimum absolute atomic E-state index is 0.0255. The number of benzene rings is 2. The van der Waals surface area contributed by atoms with Gasteiger partial charge in [0.25, 0.3) is 0 Å². The summed E-state index contributed by atoms with van der Waals surface area (Å²) in [6, 6.07) is 19.2. The van der Waals surface area contributed by atoms with Crippen LogP contribution >= 0.6 is 0 Å². The molecule has 0 amide bonds. The molecule has 2 unspecified atom stereocenters. The summed E-state index contributed by atoms with van der Waals surface area (Å²) in [6.07, 6.45) is 3.73. The molecule has 2 aliphatic carbocycles. The standard InChI is InChI=1S/C14H12O.C10H16O/c15-14(13-9-5-2-6-10-13)11-12-7-3-1-4-8-12;1-9(2)7-4-5-10(9,3)8(11)6-7/h1-10H,11H2;7H,4-6H2,1-3H3. The number of Topliss-reactive ketones (excluding diaryl/α,β-unsaturated/α-hetero) is 2. The van der Waals surface area contributed by atoms with E-state index in [0.29, 0.717) is 18.1 Å². The lowest BCUT2D eigenvalue weighted by Gasteiger charge is -2.32. The Morgan fingerprint density at radius 3 is 1.96 bits per heavy atom. The Bertz CT molecular complexity index is 776. The number of hydrogen-bond donors (Lipinski definition) is 0. The highest BCUT2D eigenvalue weighted by molar-refractivity contribution is 5.97. The summed E-state index contributed by atoms with van der Waals surface area (Å²) in [6.45, 7) is 6.67. The van der Waals surface area contributed by atoms with Crippen molar-refractivity contribution in [2.75, 3.05) is 0 Å². The monoisotopic (exact) mass is 348 g/mol. The summed E-state index contributed by atoms with van der Waals surface area (Å²) in [5.74, 6) is 1.36. The van der Waals surface area contributed by atoms with E-state index in [-0.39, 0.29) is 16.6 Å². The average molecular weight is 348 g/mol. The molecule has 2 heteroatoms. The fourth-order valence-electron chi connectivity index (χ4n) is 4.41. The molecule has 26 heavy (non-hydrogen) atoms. The van der Waals surface area contributed by atoms with E-state index in [2.05, 4.69) is 20.8 Å². The zero-order valence-electron chi connectivity index (χ0n) is 16.0. The maximum absolute atomic E-state index is 11.8. The number of ketones is 2. The Morgan fingerprint density at radius 2 is 1.54 bits per heavy atom. The Balaban J connectivity index is 0.000000158. The van der Waals surface area contributed by atoms with Gasteiger partial charge in [-0.05, 0) is 29.7 Å². The van der Waals surface area contributed by atoms with Crippen molar-refractivity contribution in [1.82, 2.24) is 0 Å². The number of carbonyl (C=O) groups is 2. The summed E-state index contributed by atoms with van der Waals surface area (Å²) in [5, 5.41) is 0. The van der Waals surface area contributed by atoms with Gasteiger partial charge >= 0.3 is 0 Å². The molecule has 0 aromatic heterocycles. The molecule has 2 fully saturated rings. The summed E-state index contributed by atoms with van der Waals surface area (Å²) in [4.78, 5) is 23.4. The van der Waals surface area contributed by atoms with Crippen molar-refractivity contribution in [1.29, 1.82) is 0 Å². The van der Waals surface area contributed by atoms with E-state index in [1.807, 2.05) is 60.7 Å². The van der Waals surface area contributed by atoms with Gasteiger partial charge in [0.1, 0.15) is 5.78 Å². The van der Waals surface area contributed by atoms with Crippen molar-refractivity contribution in [3.8, 4) is 0 Å². The molecular formula is C24H28O2. The number of fused-ring (bicyclic) bond motifs is 2. The highest BCUT2D eigenvalue weighted by Crippen LogP contribution is 2.63. The molecule has 2 aliphatic rings. The first-order valence-electron chi connectivity index (χ1n) is 9.50. The zero-order chi connectivity index (χ0) is 18.8. The second kappa shape index (κ2) is 7.19. The molecule has 2 nitrogen and oxygen atoms in total. The van der Waals surface area contributed by atoms with Crippen LogP contribution < -0.4 is 0 Å². The maximum atomic E-state index is 11.8. The first-order valence-corrected chi connectivity index (χ1v) is 9.50. The molecule has 0 heterocycles. The van der Waals surface area contributed by atoms with E-state index in [0.717, 1.165) is 24.0 Å². The predicted octanol–water partition coefficient (Wildman–Crippen LogP) is 5.51. The van der Waals surface area contributed by atoms with Gasteiger partial charge in [0.15, 0.2) is 5.78 Å². The van der Waals surface area contributed by atoms with Gasteiger partial charge in [-0.15, -0.1) is 0 Å². The van der Waals surface area contributed by atoms with Crippen LogP contribution in [-0.4, -0.2) is 11.6 Å². The number of hydrogen-bond acceptors (Lipinski definition) is 2. The summed E-state index contributed by atoms with van der Waals surface area (Å²) >= 11 is 0. The topological polar surface area (TPSA) is 34.1 Å². The lowest BCUT2D eigenvalue weighted by atomic mass is 9.70. The van der Waals surface area contributed by atoms with Crippen molar-refractivity contribution in [2.24, 2.45) is 16.7 Å². The Labute approximate surface area is 156 Å². The predicted molar refractivity (Wildman–Crippen MR) is 105 cm³/mol. The molecule has 2 aromatic rings. The molecular weight excluding hydrogens is 320 g/mol. The highest BCUT2D eigenvalue weighted by atomic mass is 16.1. The Kier molecular flexibility index (Phi) is 5.13. The van der Waals surface area contributed by atoms with Crippen LogP contribution in [0.4, 0.5) is 0 Å². The van der Waals surface area contributed by atoms with Crippen molar-refractivity contribution in [2.45, 2.75) is 46.5 Å². The van der Waals surface area contributed by atoms with E-state index in [4.69, 9.17) is 0 Å². The van der Waals surface area contributed by atoms with Crippen molar-refractivity contribution < 1.29 is 9.59 Å². The molecule has 0 saturated heterocycles. The highest BCUT2D eigenvalue weighted by Gasteiger charge is 2.61. The van der Waals surface area contributed by atoms with Gasteiger partial charge in [-0.2, -0.15) is 0 Å². The molecule has 2 saturated carbocycles. The Morgan fingerprint density at radius 1 is 0.962 bits per heavy atom. The largest absolute Gasteiger partial charge is 0.299 e. The average Bonchev–Trinajstić information content (AvgIpc) is 2.97. The lowest BCUT2D eigenvalue weighted by Crippen LogP contribution is -2.32. The molecule has 2 atom stereocenters. The van der Waals surface area contributed by atoms with Gasteiger partial charge in [-0.3, -0.25) is 9.59 Å². The lowest BCUT2D eigenvalue weighted by molar-refractivity contribution is -0.128. The van der Waals surface area contributed by atoms with E-state index in [1.54, 1.807) is 0 Å². The third-order valence-corrected chi connectivity index (χ3v) is 6.79. The number of carbonyl (C=O) groups excluding carboxylic acids is 2. The van der Waals surface area contributed by atoms with Gasteiger partial charge in [0, 0.05) is 23.8 Å². The van der Waals surface area contributed by atoms with Gasteiger partial charge in [-0.25, -0.2) is 0 Å². The molecule has 0 spiro atoms. The van der Waals surface area contributed by atoms with E-state index in [9.17, 15) is 9.59 Å². The van der Waals surface area contributed by atoms with E-state index in [1.165, 1.54) is 6.42 Å². The summed E-state index contributed by atoms with van der Waals surface area (Å²) in [7, 11) is 0. The summed E-state index contributed by atoms with van der Waals surface area (Å²) in [5.41, 5.74) is 2.15. The van der Waals surface area contributed by atoms with Gasteiger partial charge in [0.05, 0.1) is 0 Å². The molecule has 2 bridgehead atoms. The van der Waals surface area contributed by atoms with Crippen LogP contribution in [0, 0.1) is 16.7 Å². The maximum Gasteiger partial charge on any atom is 0.167 e. The zero-order valence-corrected chi connectivity index (χ0v) is 16.0. The van der Waals surface area contributed by atoms with Crippen LogP contribution in [0.3, 0.4) is 0 Å². The van der Waals surface area contributed by atoms with Crippen LogP contribution in [0.25, 0.3) is 0 Å². The molecule has 0 aliphatic heterocycles.